The third-order valence-electron chi connectivity index (χ3n) is 4.72. The van der Waals surface area contributed by atoms with Crippen LogP contribution in [-0.2, 0) is 10.0 Å². The molecule has 162 valence electrons. The second-order valence-corrected chi connectivity index (χ2v) is 10.1. The zero-order valence-corrected chi connectivity index (χ0v) is 18.1. The van der Waals surface area contributed by atoms with Crippen molar-refractivity contribution in [2.45, 2.75) is 23.8 Å². The van der Waals surface area contributed by atoms with E-state index >= 15 is 0 Å². The molecule has 1 N–H and O–H groups in total. The van der Waals surface area contributed by atoms with Gasteiger partial charge in [-0.05, 0) is 49.2 Å². The van der Waals surface area contributed by atoms with Crippen LogP contribution in [0.3, 0.4) is 0 Å². The fraction of sp³-hybridized carbons (Fsp3) is 0.211. The molecule has 3 aromatic rings. The molecule has 31 heavy (non-hydrogen) atoms. The van der Waals surface area contributed by atoms with Crippen LogP contribution in [0, 0.1) is 11.6 Å². The molecule has 1 aliphatic rings. The smallest absolute Gasteiger partial charge is 0.286 e. The van der Waals surface area contributed by atoms with E-state index in [1.165, 1.54) is 28.6 Å². The molecule has 1 fully saturated rings. The van der Waals surface area contributed by atoms with Gasteiger partial charge in [-0.15, -0.1) is 10.2 Å². The van der Waals surface area contributed by atoms with E-state index in [2.05, 4.69) is 15.5 Å². The summed E-state index contributed by atoms with van der Waals surface area (Å²) in [4.78, 5) is 12.5. The lowest BCUT2D eigenvalue weighted by Gasteiger charge is -2.22. The highest BCUT2D eigenvalue weighted by molar-refractivity contribution is 7.89. The van der Waals surface area contributed by atoms with Gasteiger partial charge in [0.1, 0.15) is 16.6 Å². The van der Waals surface area contributed by atoms with Crippen molar-refractivity contribution in [1.82, 2.24) is 14.5 Å². The van der Waals surface area contributed by atoms with Gasteiger partial charge in [0.25, 0.3) is 5.91 Å². The summed E-state index contributed by atoms with van der Waals surface area (Å²) in [5.41, 5.74) is -0.198. The van der Waals surface area contributed by atoms with E-state index in [9.17, 15) is 22.0 Å². The van der Waals surface area contributed by atoms with Crippen molar-refractivity contribution < 1.29 is 22.0 Å². The lowest BCUT2D eigenvalue weighted by molar-refractivity contribution is 0.102. The zero-order chi connectivity index (χ0) is 22.2. The predicted octanol–water partition coefficient (Wildman–Crippen LogP) is 4.25. The number of rotatable bonds is 5. The first kappa shape index (κ1) is 21.8. The predicted molar refractivity (Wildman–Crippen MR) is 112 cm³/mol. The Balaban J connectivity index is 1.55. The van der Waals surface area contributed by atoms with E-state index in [0.29, 0.717) is 35.5 Å². The van der Waals surface area contributed by atoms with E-state index in [4.69, 9.17) is 11.6 Å². The SMILES string of the molecule is O=C(Nc1ccc(F)cc1F)c1nnc(C2CCCN2S(=O)(=O)c2ccc(Cl)cc2)s1. The summed E-state index contributed by atoms with van der Waals surface area (Å²) in [5, 5.41) is 10.9. The molecule has 2 heterocycles. The summed E-state index contributed by atoms with van der Waals surface area (Å²) in [6.45, 7) is 0.303. The largest absolute Gasteiger partial charge is 0.317 e. The molecule has 0 radical (unpaired) electrons. The number of carbonyl (C=O) groups excluding carboxylic acids is 1. The molecule has 12 heteroatoms. The molecule has 2 aromatic carbocycles. The molecule has 1 aromatic heterocycles. The van der Waals surface area contributed by atoms with Gasteiger partial charge in [0.15, 0.2) is 0 Å². The number of nitrogens with zero attached hydrogens (tertiary/aromatic N) is 3. The fourth-order valence-corrected chi connectivity index (χ4v) is 5.98. The van der Waals surface area contributed by atoms with Crippen LogP contribution in [0.2, 0.25) is 5.02 Å². The summed E-state index contributed by atoms with van der Waals surface area (Å²) < 4.78 is 54.3. The van der Waals surface area contributed by atoms with Gasteiger partial charge >= 0.3 is 0 Å². The fourth-order valence-electron chi connectivity index (χ4n) is 3.24. The molecule has 1 aliphatic heterocycles. The van der Waals surface area contributed by atoms with Crippen LogP contribution in [-0.4, -0.2) is 35.4 Å². The second-order valence-electron chi connectivity index (χ2n) is 6.75. The quantitative estimate of drug-likeness (QED) is 0.584. The molecule has 0 saturated carbocycles. The molecule has 0 bridgehead atoms. The van der Waals surface area contributed by atoms with Crippen molar-refractivity contribution in [1.29, 1.82) is 0 Å². The van der Waals surface area contributed by atoms with Crippen LogP contribution >= 0.6 is 22.9 Å². The Morgan fingerprint density at radius 1 is 1.16 bits per heavy atom. The first-order chi connectivity index (χ1) is 14.8. The van der Waals surface area contributed by atoms with Crippen LogP contribution < -0.4 is 5.32 Å². The Labute approximate surface area is 185 Å². The number of aromatic nitrogens is 2. The molecule has 0 spiro atoms. The summed E-state index contributed by atoms with van der Waals surface area (Å²) in [7, 11) is -3.79. The summed E-state index contributed by atoms with van der Waals surface area (Å²) >= 11 is 6.77. The van der Waals surface area contributed by atoms with Crippen molar-refractivity contribution in [3.63, 3.8) is 0 Å². The lowest BCUT2D eigenvalue weighted by atomic mass is 10.2. The number of halogens is 3. The number of nitrogens with one attached hydrogen (secondary N) is 1. The van der Waals surface area contributed by atoms with Gasteiger partial charge in [0, 0.05) is 17.6 Å². The minimum atomic E-state index is -3.79. The molecule has 1 atom stereocenters. The Hall–Kier alpha value is -2.47. The number of anilines is 1. The Kier molecular flexibility index (Phi) is 6.02. The molecular weight excluding hydrogens is 470 g/mol. The van der Waals surface area contributed by atoms with E-state index in [1.54, 1.807) is 0 Å². The van der Waals surface area contributed by atoms with Gasteiger partial charge in [-0.2, -0.15) is 4.31 Å². The van der Waals surface area contributed by atoms with Crippen LogP contribution in [0.15, 0.2) is 47.4 Å². The average Bonchev–Trinajstić information content (AvgIpc) is 3.40. The number of hydrogen-bond donors (Lipinski definition) is 1. The van der Waals surface area contributed by atoms with Crippen molar-refractivity contribution in [3.8, 4) is 0 Å². The highest BCUT2D eigenvalue weighted by atomic mass is 35.5. The number of hydrogen-bond acceptors (Lipinski definition) is 6. The molecule has 1 amide bonds. The average molecular weight is 485 g/mol. The van der Waals surface area contributed by atoms with Gasteiger partial charge < -0.3 is 5.32 Å². The van der Waals surface area contributed by atoms with E-state index in [0.717, 1.165) is 23.5 Å². The van der Waals surface area contributed by atoms with Crippen LogP contribution in [0.4, 0.5) is 14.5 Å². The van der Waals surface area contributed by atoms with Crippen molar-refractivity contribution in [2.75, 3.05) is 11.9 Å². The van der Waals surface area contributed by atoms with Gasteiger partial charge in [-0.3, -0.25) is 4.79 Å². The lowest BCUT2D eigenvalue weighted by Crippen LogP contribution is -2.30. The minimum absolute atomic E-state index is 0.0607. The minimum Gasteiger partial charge on any atom is -0.317 e. The summed E-state index contributed by atoms with van der Waals surface area (Å²) in [6, 6.07) is 8.07. The molecule has 4 rings (SSSR count). The monoisotopic (exact) mass is 484 g/mol. The number of amides is 1. The first-order valence-electron chi connectivity index (χ1n) is 9.13. The molecular formula is C19H15ClF2N4O3S2. The van der Waals surface area contributed by atoms with Crippen LogP contribution in [0.5, 0.6) is 0 Å². The summed E-state index contributed by atoms with van der Waals surface area (Å²) in [5.74, 6) is -2.41. The summed E-state index contributed by atoms with van der Waals surface area (Å²) in [6.07, 6.45) is 1.15. The van der Waals surface area contributed by atoms with Crippen LogP contribution in [0.25, 0.3) is 0 Å². The van der Waals surface area contributed by atoms with Gasteiger partial charge in [0.2, 0.25) is 15.0 Å². The normalized spacial score (nSPS) is 17.1. The number of benzene rings is 2. The maximum absolute atomic E-state index is 13.8. The van der Waals surface area contributed by atoms with Gasteiger partial charge in [-0.25, -0.2) is 17.2 Å². The molecule has 7 nitrogen and oxygen atoms in total. The maximum atomic E-state index is 13.8. The molecule has 0 aliphatic carbocycles. The van der Waals surface area contributed by atoms with Crippen molar-refractivity contribution >= 4 is 44.6 Å². The van der Waals surface area contributed by atoms with Gasteiger partial charge in [0.05, 0.1) is 16.6 Å². The Bertz CT molecular complexity index is 1240. The topological polar surface area (TPSA) is 92.3 Å². The second kappa shape index (κ2) is 8.58. The van der Waals surface area contributed by atoms with Gasteiger partial charge in [-0.1, -0.05) is 22.9 Å². The third kappa shape index (κ3) is 4.45. The standard InChI is InChI=1S/C19H15ClF2N4O3S2/c20-11-3-6-13(7-4-11)31(28,29)26-9-1-2-16(26)18-24-25-19(30-18)17(27)23-15-8-5-12(21)10-14(15)22/h3-8,10,16H,1-2,9H2,(H,23,27). The van der Waals surface area contributed by atoms with Crippen LogP contribution in [0.1, 0.15) is 33.7 Å². The highest BCUT2D eigenvalue weighted by Gasteiger charge is 2.38. The number of sulfonamides is 1. The molecule has 1 saturated heterocycles. The van der Waals surface area contributed by atoms with E-state index in [-0.39, 0.29) is 15.6 Å². The zero-order valence-electron chi connectivity index (χ0n) is 15.8. The van der Waals surface area contributed by atoms with Crippen molar-refractivity contribution in [2.24, 2.45) is 0 Å². The van der Waals surface area contributed by atoms with Crippen molar-refractivity contribution in [3.05, 3.63) is 69.1 Å². The maximum Gasteiger partial charge on any atom is 0.286 e. The third-order valence-corrected chi connectivity index (χ3v) is 7.92. The first-order valence-corrected chi connectivity index (χ1v) is 11.8. The highest BCUT2D eigenvalue weighted by Crippen LogP contribution is 2.38. The Morgan fingerprint density at radius 3 is 2.61 bits per heavy atom. The van der Waals surface area contributed by atoms with E-state index < -0.39 is 33.6 Å². The molecule has 1 unspecified atom stereocenters. The number of carbonyl (C=O) groups is 1. The Morgan fingerprint density at radius 2 is 1.90 bits per heavy atom. The van der Waals surface area contributed by atoms with E-state index in [1.807, 2.05) is 0 Å².